The number of H-pyrrole nitrogens is 1. The lowest BCUT2D eigenvalue weighted by molar-refractivity contribution is 0.0835. The molecule has 2 heterocycles. The molecule has 1 aromatic heterocycles. The van der Waals surface area contributed by atoms with Crippen LogP contribution in [0.3, 0.4) is 0 Å². The highest BCUT2D eigenvalue weighted by Crippen LogP contribution is 2.22. The number of aromatic amines is 1. The van der Waals surface area contributed by atoms with Crippen molar-refractivity contribution in [3.05, 3.63) is 27.9 Å². The van der Waals surface area contributed by atoms with Crippen LogP contribution < -0.4 is 11.3 Å². The maximum absolute atomic E-state index is 11.7. The quantitative estimate of drug-likeness (QED) is 0.765. The predicted octanol–water partition coefficient (Wildman–Crippen LogP) is 0.165. The van der Waals surface area contributed by atoms with Crippen LogP contribution in [0.2, 0.25) is 0 Å². The molecule has 16 heavy (non-hydrogen) atoms. The zero-order valence-corrected chi connectivity index (χ0v) is 9.24. The molecule has 1 saturated heterocycles. The van der Waals surface area contributed by atoms with E-state index in [-0.39, 0.29) is 5.56 Å². The van der Waals surface area contributed by atoms with Crippen LogP contribution >= 0.6 is 0 Å². The Hall–Kier alpha value is -1.20. The Morgan fingerprint density at radius 3 is 2.88 bits per heavy atom. The van der Waals surface area contributed by atoms with Crippen molar-refractivity contribution in [2.45, 2.75) is 25.2 Å². The average molecular weight is 223 g/mol. The fourth-order valence-corrected chi connectivity index (χ4v) is 1.95. The number of aromatic nitrogens is 2. The van der Waals surface area contributed by atoms with Crippen molar-refractivity contribution in [3.63, 3.8) is 0 Å². The molecule has 88 valence electrons. The van der Waals surface area contributed by atoms with Gasteiger partial charge >= 0.3 is 0 Å². The maximum atomic E-state index is 11.7. The highest BCUT2D eigenvalue weighted by molar-refractivity contribution is 5.08. The molecule has 0 spiro atoms. The molecule has 1 aliphatic heterocycles. The third-order valence-corrected chi connectivity index (χ3v) is 2.91. The molecule has 1 aromatic rings. The monoisotopic (exact) mass is 223 g/mol. The Kier molecular flexibility index (Phi) is 3.69. The van der Waals surface area contributed by atoms with Crippen LogP contribution in [-0.2, 0) is 11.2 Å². The van der Waals surface area contributed by atoms with E-state index >= 15 is 0 Å². The molecule has 5 nitrogen and oxygen atoms in total. The predicted molar refractivity (Wildman–Crippen MR) is 60.4 cm³/mol. The highest BCUT2D eigenvalue weighted by atomic mass is 16.5. The molecule has 0 aliphatic carbocycles. The van der Waals surface area contributed by atoms with Crippen molar-refractivity contribution in [2.24, 2.45) is 5.73 Å². The first-order chi connectivity index (χ1) is 7.81. The summed E-state index contributed by atoms with van der Waals surface area (Å²) < 4.78 is 5.28. The lowest BCUT2D eigenvalue weighted by Gasteiger charge is -2.20. The van der Waals surface area contributed by atoms with E-state index in [2.05, 4.69) is 9.97 Å². The number of rotatable bonds is 3. The van der Waals surface area contributed by atoms with Crippen molar-refractivity contribution in [1.29, 1.82) is 0 Å². The minimum atomic E-state index is -0.0538. The molecule has 2 rings (SSSR count). The summed E-state index contributed by atoms with van der Waals surface area (Å²) in [4.78, 5) is 18.9. The number of nitrogens with zero attached hydrogens (tertiary/aromatic N) is 1. The van der Waals surface area contributed by atoms with Gasteiger partial charge in [0.05, 0.1) is 0 Å². The van der Waals surface area contributed by atoms with Gasteiger partial charge < -0.3 is 15.5 Å². The Balaban J connectivity index is 2.16. The summed E-state index contributed by atoms with van der Waals surface area (Å²) in [6.45, 7) is 1.97. The first kappa shape index (κ1) is 11.3. The van der Waals surface area contributed by atoms with Crippen LogP contribution in [0.25, 0.3) is 0 Å². The fraction of sp³-hybridized carbons (Fsp3) is 0.636. The van der Waals surface area contributed by atoms with Crippen LogP contribution in [-0.4, -0.2) is 29.7 Å². The highest BCUT2D eigenvalue weighted by Gasteiger charge is 2.18. The van der Waals surface area contributed by atoms with Gasteiger partial charge in [0.1, 0.15) is 5.82 Å². The van der Waals surface area contributed by atoms with Crippen LogP contribution in [0.1, 0.15) is 30.1 Å². The zero-order chi connectivity index (χ0) is 11.4. The third kappa shape index (κ3) is 2.48. The number of hydrogen-bond donors (Lipinski definition) is 2. The number of ether oxygens (including phenoxy) is 1. The molecule has 0 amide bonds. The van der Waals surface area contributed by atoms with Crippen LogP contribution in [0, 0.1) is 0 Å². The van der Waals surface area contributed by atoms with Gasteiger partial charge in [-0.15, -0.1) is 0 Å². The van der Waals surface area contributed by atoms with Gasteiger partial charge in [0.25, 0.3) is 5.56 Å². The summed E-state index contributed by atoms with van der Waals surface area (Å²) in [5.41, 5.74) is 6.02. The molecule has 5 heteroatoms. The summed E-state index contributed by atoms with van der Waals surface area (Å²) in [6.07, 6.45) is 4.09. The molecule has 3 N–H and O–H groups in total. The molecular formula is C11H17N3O2. The van der Waals surface area contributed by atoms with E-state index in [0.717, 1.165) is 31.9 Å². The van der Waals surface area contributed by atoms with Gasteiger partial charge in [0.15, 0.2) is 0 Å². The fourth-order valence-electron chi connectivity index (χ4n) is 1.95. The Morgan fingerprint density at radius 1 is 1.50 bits per heavy atom. The van der Waals surface area contributed by atoms with Crippen LogP contribution in [0.5, 0.6) is 0 Å². The molecule has 1 aliphatic rings. The first-order valence-electron chi connectivity index (χ1n) is 5.67. The molecular weight excluding hydrogens is 206 g/mol. The average Bonchev–Trinajstić information content (AvgIpc) is 2.33. The molecule has 1 fully saturated rings. The Morgan fingerprint density at radius 2 is 2.25 bits per heavy atom. The molecule has 0 atom stereocenters. The summed E-state index contributed by atoms with van der Waals surface area (Å²) in [6, 6.07) is 0. The second-order valence-electron chi connectivity index (χ2n) is 4.05. The van der Waals surface area contributed by atoms with E-state index < -0.39 is 0 Å². The Labute approximate surface area is 94.0 Å². The lowest BCUT2D eigenvalue weighted by Crippen LogP contribution is -2.23. The lowest BCUT2D eigenvalue weighted by atomic mass is 9.99. The molecule has 0 bridgehead atoms. The van der Waals surface area contributed by atoms with Gasteiger partial charge in [-0.1, -0.05) is 0 Å². The van der Waals surface area contributed by atoms with Crippen molar-refractivity contribution < 1.29 is 4.74 Å². The SMILES string of the molecule is NCCc1cnc(C2CCOCC2)[nH]c1=O. The van der Waals surface area contributed by atoms with Gasteiger partial charge in [0.2, 0.25) is 0 Å². The van der Waals surface area contributed by atoms with E-state index in [1.54, 1.807) is 6.20 Å². The summed E-state index contributed by atoms with van der Waals surface area (Å²) >= 11 is 0. The zero-order valence-electron chi connectivity index (χ0n) is 9.24. The van der Waals surface area contributed by atoms with Crippen molar-refractivity contribution in [2.75, 3.05) is 19.8 Å². The van der Waals surface area contributed by atoms with E-state index in [0.29, 0.717) is 24.4 Å². The van der Waals surface area contributed by atoms with Gasteiger partial charge in [-0.3, -0.25) is 4.79 Å². The van der Waals surface area contributed by atoms with Crippen molar-refractivity contribution >= 4 is 0 Å². The second-order valence-corrected chi connectivity index (χ2v) is 4.05. The van der Waals surface area contributed by atoms with E-state index in [1.165, 1.54) is 0 Å². The molecule has 0 aromatic carbocycles. The van der Waals surface area contributed by atoms with E-state index in [1.807, 2.05) is 0 Å². The molecule has 0 radical (unpaired) electrons. The standard InChI is InChI=1S/C11H17N3O2/c12-4-1-9-7-13-10(14-11(9)15)8-2-5-16-6-3-8/h7-8H,1-6,12H2,(H,13,14,15). The van der Waals surface area contributed by atoms with Gasteiger partial charge in [-0.05, 0) is 25.8 Å². The van der Waals surface area contributed by atoms with Crippen molar-refractivity contribution in [1.82, 2.24) is 9.97 Å². The second kappa shape index (κ2) is 5.23. The largest absolute Gasteiger partial charge is 0.381 e. The van der Waals surface area contributed by atoms with E-state index in [4.69, 9.17) is 10.5 Å². The third-order valence-electron chi connectivity index (χ3n) is 2.91. The van der Waals surface area contributed by atoms with Gasteiger partial charge in [-0.2, -0.15) is 0 Å². The van der Waals surface area contributed by atoms with Gasteiger partial charge in [-0.25, -0.2) is 4.98 Å². The van der Waals surface area contributed by atoms with Crippen LogP contribution in [0.4, 0.5) is 0 Å². The maximum Gasteiger partial charge on any atom is 0.254 e. The number of nitrogens with one attached hydrogen (secondary N) is 1. The van der Waals surface area contributed by atoms with Gasteiger partial charge in [0, 0.05) is 30.9 Å². The minimum absolute atomic E-state index is 0.0538. The summed E-state index contributed by atoms with van der Waals surface area (Å²) in [5.74, 6) is 1.11. The molecule has 0 saturated carbocycles. The van der Waals surface area contributed by atoms with Crippen molar-refractivity contribution in [3.8, 4) is 0 Å². The summed E-state index contributed by atoms with van der Waals surface area (Å²) in [7, 11) is 0. The first-order valence-corrected chi connectivity index (χ1v) is 5.67. The summed E-state index contributed by atoms with van der Waals surface area (Å²) in [5, 5.41) is 0. The number of hydrogen-bond acceptors (Lipinski definition) is 4. The smallest absolute Gasteiger partial charge is 0.254 e. The van der Waals surface area contributed by atoms with E-state index in [9.17, 15) is 4.79 Å². The van der Waals surface area contributed by atoms with Crippen LogP contribution in [0.15, 0.2) is 11.0 Å². The number of nitrogens with two attached hydrogens (primary N) is 1. The topological polar surface area (TPSA) is 81.0 Å². The minimum Gasteiger partial charge on any atom is -0.381 e. The normalized spacial score (nSPS) is 17.6. The Bertz CT molecular complexity index is 396. The molecule has 0 unspecified atom stereocenters.